The van der Waals surface area contributed by atoms with Crippen molar-refractivity contribution in [3.8, 4) is 0 Å². The van der Waals surface area contributed by atoms with Crippen LogP contribution in [0.4, 0.5) is 5.69 Å². The molecular formula is C10H13NO4S2. The minimum Gasteiger partial charge on any atom is -0.478 e. The molecule has 0 aliphatic carbocycles. The third kappa shape index (κ3) is 4.66. The van der Waals surface area contributed by atoms with Gasteiger partial charge in [-0.1, -0.05) is 0 Å². The molecule has 3 N–H and O–H groups in total. The van der Waals surface area contributed by atoms with Gasteiger partial charge in [0.2, 0.25) is 0 Å². The maximum absolute atomic E-state index is 10.9. The van der Waals surface area contributed by atoms with E-state index in [0.717, 1.165) is 0 Å². The molecule has 0 atom stereocenters. The number of hydrogen-bond acceptors (Lipinski definition) is 5. The Morgan fingerprint density at radius 2 is 2.12 bits per heavy atom. The number of carboxylic acids is 1. The normalized spacial score (nSPS) is 11.4. The van der Waals surface area contributed by atoms with Gasteiger partial charge in [0.25, 0.3) is 0 Å². The maximum atomic E-state index is 10.9. The summed E-state index contributed by atoms with van der Waals surface area (Å²) in [5.74, 6) is -0.639. The smallest absolute Gasteiger partial charge is 0.337 e. The summed E-state index contributed by atoms with van der Waals surface area (Å²) in [5.41, 5.74) is 5.74. The van der Waals surface area contributed by atoms with Crippen LogP contribution in [0.15, 0.2) is 23.1 Å². The number of hydrogen-bond donors (Lipinski definition) is 2. The highest BCUT2D eigenvalue weighted by atomic mass is 32.2. The molecule has 0 fully saturated rings. The number of benzene rings is 1. The van der Waals surface area contributed by atoms with Gasteiger partial charge < -0.3 is 10.8 Å². The zero-order valence-electron chi connectivity index (χ0n) is 9.21. The summed E-state index contributed by atoms with van der Waals surface area (Å²) in [4.78, 5) is 11.5. The van der Waals surface area contributed by atoms with Crippen LogP contribution in [-0.2, 0) is 9.84 Å². The molecule has 5 nitrogen and oxygen atoms in total. The molecular weight excluding hydrogens is 262 g/mol. The van der Waals surface area contributed by atoms with E-state index in [4.69, 9.17) is 10.8 Å². The van der Waals surface area contributed by atoms with Gasteiger partial charge in [-0.2, -0.15) is 0 Å². The van der Waals surface area contributed by atoms with Crippen molar-refractivity contribution in [2.75, 3.05) is 23.5 Å². The molecule has 0 aliphatic rings. The highest BCUT2D eigenvalue weighted by Crippen LogP contribution is 2.23. The predicted octanol–water partition coefficient (Wildman–Crippen LogP) is 1.10. The minimum atomic E-state index is -2.99. The van der Waals surface area contributed by atoms with E-state index in [0.29, 0.717) is 10.6 Å². The van der Waals surface area contributed by atoms with Crippen molar-refractivity contribution in [3.05, 3.63) is 23.8 Å². The lowest BCUT2D eigenvalue weighted by Crippen LogP contribution is -2.05. The van der Waals surface area contributed by atoms with Crippen LogP contribution >= 0.6 is 11.8 Å². The highest BCUT2D eigenvalue weighted by Gasteiger charge is 2.09. The topological polar surface area (TPSA) is 97.5 Å². The Labute approximate surface area is 104 Å². The zero-order valence-corrected chi connectivity index (χ0v) is 10.8. The van der Waals surface area contributed by atoms with Crippen molar-refractivity contribution in [2.24, 2.45) is 0 Å². The first-order chi connectivity index (χ1) is 7.79. The average Bonchev–Trinajstić information content (AvgIpc) is 2.18. The Kier molecular flexibility index (Phi) is 4.41. The SMILES string of the molecule is CS(=O)(=O)CCSc1ccc(N)c(C(=O)O)c1. The van der Waals surface area contributed by atoms with Crippen LogP contribution in [0, 0.1) is 0 Å². The fourth-order valence-electron chi connectivity index (χ4n) is 1.12. The van der Waals surface area contributed by atoms with Gasteiger partial charge in [-0.15, -0.1) is 11.8 Å². The summed E-state index contributed by atoms with van der Waals surface area (Å²) >= 11 is 1.29. The molecule has 0 aliphatic heterocycles. The molecule has 0 aromatic heterocycles. The summed E-state index contributed by atoms with van der Waals surface area (Å²) in [6, 6.07) is 4.63. The number of sulfone groups is 1. The van der Waals surface area contributed by atoms with E-state index in [1.54, 1.807) is 6.07 Å². The van der Waals surface area contributed by atoms with E-state index >= 15 is 0 Å². The van der Waals surface area contributed by atoms with Crippen molar-refractivity contribution in [1.29, 1.82) is 0 Å². The number of aromatic carboxylic acids is 1. The molecule has 1 aromatic rings. The van der Waals surface area contributed by atoms with E-state index in [1.807, 2.05) is 0 Å². The molecule has 0 heterocycles. The van der Waals surface area contributed by atoms with Gasteiger partial charge >= 0.3 is 5.97 Å². The molecule has 0 bridgehead atoms. The first-order valence-corrected chi connectivity index (χ1v) is 7.77. The van der Waals surface area contributed by atoms with E-state index in [9.17, 15) is 13.2 Å². The van der Waals surface area contributed by atoms with Crippen molar-refractivity contribution in [3.63, 3.8) is 0 Å². The molecule has 0 spiro atoms. The zero-order chi connectivity index (χ0) is 13.1. The summed E-state index contributed by atoms with van der Waals surface area (Å²) in [5, 5.41) is 8.86. The van der Waals surface area contributed by atoms with Gasteiger partial charge in [0.15, 0.2) is 0 Å². The predicted molar refractivity (Wildman–Crippen MR) is 68.2 cm³/mol. The Morgan fingerprint density at radius 3 is 2.65 bits per heavy atom. The number of thioether (sulfide) groups is 1. The first kappa shape index (κ1) is 13.9. The van der Waals surface area contributed by atoms with Gasteiger partial charge in [0.05, 0.1) is 11.3 Å². The fraction of sp³-hybridized carbons (Fsp3) is 0.300. The van der Waals surface area contributed by atoms with Crippen molar-refractivity contribution in [2.45, 2.75) is 4.90 Å². The van der Waals surface area contributed by atoms with Gasteiger partial charge in [-0.05, 0) is 18.2 Å². The second kappa shape index (κ2) is 5.42. The number of nitrogens with two attached hydrogens (primary N) is 1. The Balaban J connectivity index is 2.73. The van der Waals surface area contributed by atoms with Crippen LogP contribution in [-0.4, -0.2) is 37.3 Å². The molecule has 1 aromatic carbocycles. The Morgan fingerprint density at radius 1 is 1.47 bits per heavy atom. The van der Waals surface area contributed by atoms with Gasteiger partial charge in [-0.25, -0.2) is 13.2 Å². The molecule has 0 saturated heterocycles. The summed E-state index contributed by atoms with van der Waals surface area (Å²) < 4.78 is 21.8. The standard InChI is InChI=1S/C10H13NO4S2/c1-17(14,15)5-4-16-7-2-3-9(11)8(6-7)10(12)13/h2-3,6H,4-5,11H2,1H3,(H,12,13). The van der Waals surface area contributed by atoms with Crippen LogP contribution in [0.2, 0.25) is 0 Å². The molecule has 0 radical (unpaired) electrons. The minimum absolute atomic E-state index is 0.0364. The van der Waals surface area contributed by atoms with Gasteiger partial charge in [-0.3, -0.25) is 0 Å². The number of anilines is 1. The highest BCUT2D eigenvalue weighted by molar-refractivity contribution is 8.00. The van der Waals surface area contributed by atoms with Crippen LogP contribution in [0.1, 0.15) is 10.4 Å². The van der Waals surface area contributed by atoms with E-state index in [-0.39, 0.29) is 17.0 Å². The second-order valence-corrected chi connectivity index (χ2v) is 6.96. The lowest BCUT2D eigenvalue weighted by atomic mass is 10.2. The maximum Gasteiger partial charge on any atom is 0.337 e. The van der Waals surface area contributed by atoms with Gasteiger partial charge in [0, 0.05) is 22.6 Å². The third-order valence-corrected chi connectivity index (χ3v) is 4.18. The Bertz CT molecular complexity index is 525. The number of nitrogen functional groups attached to an aromatic ring is 1. The van der Waals surface area contributed by atoms with Crippen LogP contribution < -0.4 is 5.73 Å². The van der Waals surface area contributed by atoms with Crippen LogP contribution in [0.25, 0.3) is 0 Å². The average molecular weight is 275 g/mol. The second-order valence-electron chi connectivity index (χ2n) is 3.53. The Hall–Kier alpha value is -1.21. The third-order valence-electron chi connectivity index (χ3n) is 1.98. The van der Waals surface area contributed by atoms with Crippen molar-refractivity contribution < 1.29 is 18.3 Å². The first-order valence-electron chi connectivity index (χ1n) is 4.73. The molecule has 7 heteroatoms. The van der Waals surface area contributed by atoms with Crippen LogP contribution in [0.3, 0.4) is 0 Å². The quantitative estimate of drug-likeness (QED) is 0.617. The van der Waals surface area contributed by atoms with E-state index in [1.165, 1.54) is 30.2 Å². The monoisotopic (exact) mass is 275 g/mol. The number of carbonyl (C=O) groups is 1. The lowest BCUT2D eigenvalue weighted by Gasteiger charge is -2.04. The number of rotatable bonds is 5. The molecule has 1 rings (SSSR count). The van der Waals surface area contributed by atoms with Crippen LogP contribution in [0.5, 0.6) is 0 Å². The molecule has 0 unspecified atom stereocenters. The lowest BCUT2D eigenvalue weighted by molar-refractivity contribution is 0.0698. The van der Waals surface area contributed by atoms with Gasteiger partial charge in [0.1, 0.15) is 9.84 Å². The summed E-state index contributed by atoms with van der Waals surface area (Å²) in [6.07, 6.45) is 1.17. The van der Waals surface area contributed by atoms with E-state index in [2.05, 4.69) is 0 Å². The summed E-state index contributed by atoms with van der Waals surface area (Å²) in [6.45, 7) is 0. The molecule has 0 amide bonds. The molecule has 0 saturated carbocycles. The fourth-order valence-corrected chi connectivity index (χ4v) is 3.27. The summed E-state index contributed by atoms with van der Waals surface area (Å²) in [7, 11) is -2.99. The molecule has 94 valence electrons. The molecule has 17 heavy (non-hydrogen) atoms. The van der Waals surface area contributed by atoms with Crippen molar-refractivity contribution in [1.82, 2.24) is 0 Å². The van der Waals surface area contributed by atoms with E-state index < -0.39 is 15.8 Å². The van der Waals surface area contributed by atoms with Crippen molar-refractivity contribution >= 4 is 33.3 Å². The number of carboxylic acid groups (broad SMARTS) is 1. The largest absolute Gasteiger partial charge is 0.478 e.